The van der Waals surface area contributed by atoms with Crippen LogP contribution in [0.2, 0.25) is 0 Å². The fourth-order valence-corrected chi connectivity index (χ4v) is 5.66. The van der Waals surface area contributed by atoms with Gasteiger partial charge in [0.05, 0.1) is 36.5 Å². The van der Waals surface area contributed by atoms with Crippen molar-refractivity contribution in [2.24, 2.45) is 0 Å². The van der Waals surface area contributed by atoms with Crippen molar-refractivity contribution in [1.29, 1.82) is 0 Å². The van der Waals surface area contributed by atoms with Crippen LogP contribution < -0.4 is 9.47 Å². The molecule has 0 saturated carbocycles. The van der Waals surface area contributed by atoms with Crippen LogP contribution >= 0.6 is 15.9 Å². The molecule has 210 valence electrons. The zero-order valence-electron chi connectivity index (χ0n) is 23.0. The maximum absolute atomic E-state index is 14.7. The highest BCUT2D eigenvalue weighted by Gasteiger charge is 2.32. The molecule has 0 N–H and O–H groups in total. The van der Waals surface area contributed by atoms with Gasteiger partial charge in [0.25, 0.3) is 5.91 Å². The minimum Gasteiger partial charge on any atom is -0.497 e. The minimum absolute atomic E-state index is 0.110. The standard InChI is InChI=1S/C35H28BrFN2O3/c1-41-28-14-16-34-31(21-28)33(17-18-42-34)39(22-24-5-3-2-4-6-24)35(40)30-20-27(13-9-23-7-11-26(37)12-8-23)38-32-15-10-25(36)19-29(30)32/h2-16,19-21,33H,17-18,22H2,1H3/b13-9+. The molecule has 1 aromatic heterocycles. The largest absolute Gasteiger partial charge is 0.497 e. The van der Waals surface area contributed by atoms with Gasteiger partial charge in [-0.1, -0.05) is 64.5 Å². The van der Waals surface area contributed by atoms with E-state index in [1.54, 1.807) is 19.2 Å². The predicted molar refractivity (Wildman–Crippen MR) is 167 cm³/mol. The van der Waals surface area contributed by atoms with E-state index in [9.17, 15) is 9.18 Å². The third kappa shape index (κ3) is 5.92. The van der Waals surface area contributed by atoms with Crippen LogP contribution in [-0.2, 0) is 6.54 Å². The van der Waals surface area contributed by atoms with Gasteiger partial charge in [-0.2, -0.15) is 0 Å². The Morgan fingerprint density at radius 2 is 1.83 bits per heavy atom. The van der Waals surface area contributed by atoms with Gasteiger partial charge in [-0.15, -0.1) is 0 Å². The number of carbonyl (C=O) groups excluding carboxylic acids is 1. The first-order valence-corrected chi connectivity index (χ1v) is 14.5. The number of amides is 1. The molecule has 6 rings (SSSR count). The van der Waals surface area contributed by atoms with Gasteiger partial charge in [-0.05, 0) is 71.8 Å². The van der Waals surface area contributed by atoms with Crippen LogP contribution in [0.15, 0.2) is 102 Å². The lowest BCUT2D eigenvalue weighted by molar-refractivity contribution is 0.0604. The van der Waals surface area contributed by atoms with Crippen LogP contribution in [-0.4, -0.2) is 29.5 Å². The molecule has 1 amide bonds. The van der Waals surface area contributed by atoms with Gasteiger partial charge in [-0.25, -0.2) is 9.37 Å². The minimum atomic E-state index is -0.291. The topological polar surface area (TPSA) is 51.7 Å². The van der Waals surface area contributed by atoms with E-state index in [0.29, 0.717) is 42.1 Å². The Hall–Kier alpha value is -4.49. The monoisotopic (exact) mass is 622 g/mol. The predicted octanol–water partition coefficient (Wildman–Crippen LogP) is 8.48. The molecule has 1 aliphatic rings. The lowest BCUT2D eigenvalue weighted by Gasteiger charge is -2.36. The van der Waals surface area contributed by atoms with E-state index in [-0.39, 0.29) is 17.8 Å². The van der Waals surface area contributed by atoms with Gasteiger partial charge in [0.1, 0.15) is 17.3 Å². The second-order valence-electron chi connectivity index (χ2n) is 10.1. The van der Waals surface area contributed by atoms with E-state index >= 15 is 0 Å². The van der Waals surface area contributed by atoms with Gasteiger partial charge >= 0.3 is 0 Å². The summed E-state index contributed by atoms with van der Waals surface area (Å²) in [5.74, 6) is 1.06. The van der Waals surface area contributed by atoms with Crippen molar-refractivity contribution >= 4 is 44.9 Å². The molecule has 7 heteroatoms. The van der Waals surface area contributed by atoms with Gasteiger partial charge in [0, 0.05) is 28.4 Å². The summed E-state index contributed by atoms with van der Waals surface area (Å²) in [6, 6.07) is 29.3. The number of pyridine rings is 1. The molecule has 2 heterocycles. The Kier molecular flexibility index (Phi) is 8.02. The molecule has 0 bridgehead atoms. The Morgan fingerprint density at radius 1 is 1.02 bits per heavy atom. The number of benzene rings is 4. The van der Waals surface area contributed by atoms with Gasteiger partial charge in [0.2, 0.25) is 0 Å². The van der Waals surface area contributed by atoms with Gasteiger partial charge in [-0.3, -0.25) is 4.79 Å². The summed E-state index contributed by atoms with van der Waals surface area (Å²) in [6.45, 7) is 0.913. The quantitative estimate of drug-likeness (QED) is 0.183. The number of fused-ring (bicyclic) bond motifs is 2. The molecule has 0 spiro atoms. The Bertz CT molecular complexity index is 1770. The summed E-state index contributed by atoms with van der Waals surface area (Å²) in [5.41, 5.74) is 4.66. The molecular formula is C35H28BrFN2O3. The third-order valence-corrected chi connectivity index (χ3v) is 7.89. The highest BCUT2D eigenvalue weighted by atomic mass is 79.9. The van der Waals surface area contributed by atoms with Crippen molar-refractivity contribution in [2.75, 3.05) is 13.7 Å². The molecule has 5 nitrogen and oxygen atoms in total. The molecule has 5 aromatic rings. The molecular weight excluding hydrogens is 595 g/mol. The number of ether oxygens (including phenoxy) is 2. The van der Waals surface area contributed by atoms with Crippen LogP contribution in [0, 0.1) is 5.82 Å². The lowest BCUT2D eigenvalue weighted by atomic mass is 9.96. The second kappa shape index (κ2) is 12.2. The number of hydrogen-bond acceptors (Lipinski definition) is 4. The number of methoxy groups -OCH3 is 1. The van der Waals surface area contributed by atoms with Crippen LogP contribution in [0.1, 0.15) is 45.2 Å². The van der Waals surface area contributed by atoms with Crippen LogP contribution in [0.3, 0.4) is 0 Å². The maximum atomic E-state index is 14.7. The van der Waals surface area contributed by atoms with Crippen LogP contribution in [0.4, 0.5) is 4.39 Å². The van der Waals surface area contributed by atoms with Crippen molar-refractivity contribution in [3.05, 3.63) is 135 Å². The number of aromatic nitrogens is 1. The fourth-order valence-electron chi connectivity index (χ4n) is 5.30. The molecule has 0 fully saturated rings. The van der Waals surface area contributed by atoms with Gasteiger partial charge < -0.3 is 14.4 Å². The fraction of sp³-hybridized carbons (Fsp3) is 0.143. The SMILES string of the molecule is COc1ccc2c(c1)C(N(Cc1ccccc1)C(=O)c1cc(/C=C/c3ccc(F)cc3)nc3ccc(Br)cc13)CCO2. The number of hydrogen-bond donors (Lipinski definition) is 0. The molecule has 1 unspecified atom stereocenters. The second-order valence-corrected chi connectivity index (χ2v) is 11.0. The summed E-state index contributed by atoms with van der Waals surface area (Å²) in [5, 5.41) is 0.754. The smallest absolute Gasteiger partial charge is 0.255 e. The first-order valence-electron chi connectivity index (χ1n) is 13.7. The summed E-state index contributed by atoms with van der Waals surface area (Å²) >= 11 is 3.58. The van der Waals surface area contributed by atoms with E-state index in [1.807, 2.05) is 89.8 Å². The maximum Gasteiger partial charge on any atom is 0.255 e. The molecule has 1 atom stereocenters. The zero-order chi connectivity index (χ0) is 29.1. The van der Waals surface area contributed by atoms with Crippen LogP contribution in [0.25, 0.3) is 23.1 Å². The van der Waals surface area contributed by atoms with Crippen LogP contribution in [0.5, 0.6) is 11.5 Å². The lowest BCUT2D eigenvalue weighted by Crippen LogP contribution is -2.37. The van der Waals surface area contributed by atoms with Crippen molar-refractivity contribution in [3.63, 3.8) is 0 Å². The first-order chi connectivity index (χ1) is 20.5. The first kappa shape index (κ1) is 27.7. The van der Waals surface area contributed by atoms with Gasteiger partial charge in [0.15, 0.2) is 0 Å². The number of halogens is 2. The Labute approximate surface area is 252 Å². The zero-order valence-corrected chi connectivity index (χ0v) is 24.6. The van der Waals surface area contributed by atoms with E-state index < -0.39 is 0 Å². The Balaban J connectivity index is 1.47. The van der Waals surface area contributed by atoms with E-state index in [2.05, 4.69) is 15.9 Å². The molecule has 0 saturated heterocycles. The van der Waals surface area contributed by atoms with E-state index in [1.165, 1.54) is 12.1 Å². The average molecular weight is 624 g/mol. The molecule has 4 aromatic carbocycles. The highest BCUT2D eigenvalue weighted by molar-refractivity contribution is 9.10. The van der Waals surface area contributed by atoms with E-state index in [4.69, 9.17) is 14.5 Å². The van der Waals surface area contributed by atoms with Crippen molar-refractivity contribution < 1.29 is 18.7 Å². The van der Waals surface area contributed by atoms with Crippen molar-refractivity contribution in [3.8, 4) is 11.5 Å². The van der Waals surface area contributed by atoms with Crippen molar-refractivity contribution in [2.45, 2.75) is 19.0 Å². The number of rotatable bonds is 7. The summed E-state index contributed by atoms with van der Waals surface area (Å²) in [7, 11) is 1.63. The van der Waals surface area contributed by atoms with E-state index in [0.717, 1.165) is 32.3 Å². The molecule has 0 aliphatic carbocycles. The summed E-state index contributed by atoms with van der Waals surface area (Å²) < 4.78 is 25.8. The highest BCUT2D eigenvalue weighted by Crippen LogP contribution is 2.40. The third-order valence-electron chi connectivity index (χ3n) is 7.40. The normalized spacial score (nSPS) is 14.4. The average Bonchev–Trinajstić information content (AvgIpc) is 3.02. The molecule has 0 radical (unpaired) electrons. The Morgan fingerprint density at radius 3 is 2.62 bits per heavy atom. The number of nitrogens with zero attached hydrogens (tertiary/aromatic N) is 2. The molecule has 42 heavy (non-hydrogen) atoms. The summed E-state index contributed by atoms with van der Waals surface area (Å²) in [4.78, 5) is 21.5. The summed E-state index contributed by atoms with van der Waals surface area (Å²) in [6.07, 6.45) is 4.36. The molecule has 1 aliphatic heterocycles. The number of carbonyl (C=O) groups is 1. The van der Waals surface area contributed by atoms with Crippen molar-refractivity contribution in [1.82, 2.24) is 9.88 Å².